The number of hydrogen-bond acceptors (Lipinski definition) is 2. The number of hydrogen-bond donors (Lipinski definition) is 1. The van der Waals surface area contributed by atoms with Crippen molar-refractivity contribution in [2.24, 2.45) is 5.41 Å². The van der Waals surface area contributed by atoms with Gasteiger partial charge >= 0.3 is 0 Å². The van der Waals surface area contributed by atoms with Gasteiger partial charge in [-0.25, -0.2) is 0 Å². The fraction of sp³-hybridized carbons (Fsp3) is 0.812. The van der Waals surface area contributed by atoms with E-state index in [2.05, 4.69) is 55.1 Å². The van der Waals surface area contributed by atoms with Crippen LogP contribution < -0.4 is 5.32 Å². The summed E-state index contributed by atoms with van der Waals surface area (Å²) in [5.41, 5.74) is 1.34. The molecular formula is C16H30ClN3. The third kappa shape index (κ3) is 4.49. The van der Waals surface area contributed by atoms with Gasteiger partial charge in [0.05, 0.1) is 11.7 Å². The maximum Gasteiger partial charge on any atom is 0.0762 e. The van der Waals surface area contributed by atoms with Crippen molar-refractivity contribution in [1.29, 1.82) is 0 Å². The van der Waals surface area contributed by atoms with Crippen molar-refractivity contribution in [3.05, 3.63) is 18.0 Å². The second-order valence-corrected chi connectivity index (χ2v) is 5.97. The van der Waals surface area contributed by atoms with E-state index in [0.29, 0.717) is 6.04 Å². The first-order chi connectivity index (χ1) is 9.64. The monoisotopic (exact) mass is 299 g/mol. The lowest BCUT2D eigenvalue weighted by atomic mass is 9.84. The van der Waals surface area contributed by atoms with Crippen LogP contribution in [0.5, 0.6) is 0 Å². The molecule has 0 fully saturated rings. The Morgan fingerprint density at radius 3 is 2.40 bits per heavy atom. The van der Waals surface area contributed by atoms with Crippen molar-refractivity contribution >= 4 is 11.6 Å². The third-order valence-electron chi connectivity index (χ3n) is 4.57. The second-order valence-electron chi connectivity index (χ2n) is 5.70. The Bertz CT molecular complexity index is 359. The van der Waals surface area contributed by atoms with E-state index >= 15 is 0 Å². The predicted octanol–water partition coefficient (Wildman–Crippen LogP) is 4.38. The van der Waals surface area contributed by atoms with Crippen molar-refractivity contribution in [1.82, 2.24) is 15.1 Å². The smallest absolute Gasteiger partial charge is 0.0762 e. The molecule has 3 nitrogen and oxygen atoms in total. The summed E-state index contributed by atoms with van der Waals surface area (Å²) in [5.74, 6) is 0.717. The minimum Gasteiger partial charge on any atom is -0.311 e. The molecule has 1 N–H and O–H groups in total. The summed E-state index contributed by atoms with van der Waals surface area (Å²) >= 11 is 6.13. The first-order valence-corrected chi connectivity index (χ1v) is 8.48. The normalized spacial score (nSPS) is 12.3. The average molecular weight is 300 g/mol. The lowest BCUT2D eigenvalue weighted by molar-refractivity contribution is 0.285. The van der Waals surface area contributed by atoms with Gasteiger partial charge in [0, 0.05) is 25.2 Å². The summed E-state index contributed by atoms with van der Waals surface area (Å²) < 4.78 is 2.10. The standard InChI is InChI=1S/C16H30ClN3/c1-5-15(6-2)20-10-9-14(19-20)11-18-13-16(7-3,8-4)12-17/h9-10,15,18H,5-8,11-13H2,1-4H3. The van der Waals surface area contributed by atoms with Gasteiger partial charge in [0.2, 0.25) is 0 Å². The van der Waals surface area contributed by atoms with Crippen molar-refractivity contribution < 1.29 is 0 Å². The molecule has 4 heteroatoms. The van der Waals surface area contributed by atoms with E-state index in [1.165, 1.54) is 0 Å². The van der Waals surface area contributed by atoms with Crippen molar-refractivity contribution in [2.75, 3.05) is 12.4 Å². The van der Waals surface area contributed by atoms with Gasteiger partial charge in [-0.3, -0.25) is 4.68 Å². The molecule has 1 aromatic rings. The number of nitrogens with zero attached hydrogens (tertiary/aromatic N) is 2. The molecule has 0 aliphatic heterocycles. The van der Waals surface area contributed by atoms with E-state index in [0.717, 1.165) is 50.3 Å². The summed E-state index contributed by atoms with van der Waals surface area (Å²) in [5, 5.41) is 8.19. The zero-order valence-electron chi connectivity index (χ0n) is 13.5. The Kier molecular flexibility index (Phi) is 7.60. The van der Waals surface area contributed by atoms with Crippen molar-refractivity contribution in [3.63, 3.8) is 0 Å². The van der Waals surface area contributed by atoms with Crippen LogP contribution in [0.15, 0.2) is 12.3 Å². The van der Waals surface area contributed by atoms with Gasteiger partial charge in [-0.05, 0) is 37.2 Å². The largest absolute Gasteiger partial charge is 0.311 e. The van der Waals surface area contributed by atoms with E-state index in [9.17, 15) is 0 Å². The zero-order valence-corrected chi connectivity index (χ0v) is 14.2. The van der Waals surface area contributed by atoms with E-state index in [1.807, 2.05) is 0 Å². The van der Waals surface area contributed by atoms with Crippen LogP contribution in [0.2, 0.25) is 0 Å². The molecule has 0 spiro atoms. The maximum absolute atomic E-state index is 6.13. The minimum atomic E-state index is 0.222. The molecule has 0 saturated carbocycles. The molecule has 0 radical (unpaired) electrons. The Labute approximate surface area is 129 Å². The topological polar surface area (TPSA) is 29.9 Å². The number of halogens is 1. The Hall–Kier alpha value is -0.540. The van der Waals surface area contributed by atoms with Gasteiger partial charge in [0.15, 0.2) is 0 Å². The summed E-state index contributed by atoms with van der Waals surface area (Å²) in [4.78, 5) is 0. The van der Waals surface area contributed by atoms with Gasteiger partial charge in [0.25, 0.3) is 0 Å². The highest BCUT2D eigenvalue weighted by molar-refractivity contribution is 6.18. The van der Waals surface area contributed by atoms with E-state index in [4.69, 9.17) is 11.6 Å². The number of aromatic nitrogens is 2. The van der Waals surface area contributed by atoms with Gasteiger partial charge < -0.3 is 5.32 Å². The maximum atomic E-state index is 6.13. The minimum absolute atomic E-state index is 0.222. The average Bonchev–Trinajstić information content (AvgIpc) is 2.94. The Morgan fingerprint density at radius 1 is 1.25 bits per heavy atom. The molecular weight excluding hydrogens is 270 g/mol. The molecule has 0 aromatic carbocycles. The van der Waals surface area contributed by atoms with Crippen molar-refractivity contribution in [3.8, 4) is 0 Å². The first-order valence-electron chi connectivity index (χ1n) is 7.95. The van der Waals surface area contributed by atoms with Crippen LogP contribution in [0.1, 0.15) is 65.1 Å². The van der Waals surface area contributed by atoms with E-state index in [-0.39, 0.29) is 5.41 Å². The highest BCUT2D eigenvalue weighted by Crippen LogP contribution is 2.27. The summed E-state index contributed by atoms with van der Waals surface area (Å²) in [6, 6.07) is 2.64. The molecule has 0 saturated heterocycles. The third-order valence-corrected chi connectivity index (χ3v) is 5.14. The highest BCUT2D eigenvalue weighted by atomic mass is 35.5. The number of alkyl halides is 1. The van der Waals surface area contributed by atoms with Crippen LogP contribution in [-0.2, 0) is 6.54 Å². The molecule has 20 heavy (non-hydrogen) atoms. The van der Waals surface area contributed by atoms with Gasteiger partial charge in [-0.15, -0.1) is 11.6 Å². The SMILES string of the molecule is CCC(CC)n1ccc(CNCC(CC)(CC)CCl)n1. The molecule has 0 atom stereocenters. The molecule has 1 aromatic heterocycles. The van der Waals surface area contributed by atoms with Crippen LogP contribution in [0.4, 0.5) is 0 Å². The molecule has 0 aliphatic rings. The molecule has 1 rings (SSSR count). The number of nitrogens with one attached hydrogen (secondary N) is 1. The van der Waals surface area contributed by atoms with Crippen LogP contribution >= 0.6 is 11.6 Å². The lowest BCUT2D eigenvalue weighted by Crippen LogP contribution is -2.34. The van der Waals surface area contributed by atoms with Crippen LogP contribution in [0.3, 0.4) is 0 Å². The summed E-state index contributed by atoms with van der Waals surface area (Å²) in [6.45, 7) is 10.6. The molecule has 0 unspecified atom stereocenters. The van der Waals surface area contributed by atoms with Gasteiger partial charge in [-0.1, -0.05) is 27.7 Å². The predicted molar refractivity (Wildman–Crippen MR) is 87.3 cm³/mol. The first kappa shape index (κ1) is 17.5. The van der Waals surface area contributed by atoms with Gasteiger partial charge in [-0.2, -0.15) is 5.10 Å². The van der Waals surface area contributed by atoms with E-state index < -0.39 is 0 Å². The fourth-order valence-electron chi connectivity index (χ4n) is 2.53. The van der Waals surface area contributed by atoms with Crippen LogP contribution in [-0.4, -0.2) is 22.2 Å². The molecule has 116 valence electrons. The van der Waals surface area contributed by atoms with Gasteiger partial charge in [0.1, 0.15) is 0 Å². The van der Waals surface area contributed by atoms with Crippen molar-refractivity contribution in [2.45, 2.75) is 66.0 Å². The molecule has 1 heterocycles. The highest BCUT2D eigenvalue weighted by Gasteiger charge is 2.24. The molecule has 0 amide bonds. The molecule has 0 bridgehead atoms. The summed E-state index contributed by atoms with van der Waals surface area (Å²) in [6.07, 6.45) is 6.59. The number of rotatable bonds is 10. The quantitative estimate of drug-likeness (QED) is 0.650. The zero-order chi connectivity index (χ0) is 15.0. The summed E-state index contributed by atoms with van der Waals surface area (Å²) in [7, 11) is 0. The Morgan fingerprint density at radius 2 is 1.90 bits per heavy atom. The second kappa shape index (κ2) is 8.68. The fourth-order valence-corrected chi connectivity index (χ4v) is 3.00. The lowest BCUT2D eigenvalue weighted by Gasteiger charge is -2.29. The van der Waals surface area contributed by atoms with Crippen LogP contribution in [0.25, 0.3) is 0 Å². The Balaban J connectivity index is 2.50. The van der Waals surface area contributed by atoms with Crippen LogP contribution in [0, 0.1) is 5.41 Å². The molecule has 0 aliphatic carbocycles. The van der Waals surface area contributed by atoms with E-state index in [1.54, 1.807) is 0 Å².